The molecule has 1 fully saturated rings. The van der Waals surface area contributed by atoms with E-state index < -0.39 is 5.60 Å². The van der Waals surface area contributed by atoms with Gasteiger partial charge in [-0.05, 0) is 68.4 Å². The molecule has 2 N–H and O–H groups in total. The number of halogens is 3. The Morgan fingerprint density at radius 2 is 1.77 bits per heavy atom. The molecule has 6 nitrogen and oxygen atoms in total. The lowest BCUT2D eigenvalue weighted by Crippen LogP contribution is -2.51. The number of methoxy groups -OCH3 is 1. The summed E-state index contributed by atoms with van der Waals surface area (Å²) in [6.45, 7) is 1.46. The number of aromatic nitrogens is 1. The predicted molar refractivity (Wildman–Crippen MR) is 123 cm³/mol. The lowest BCUT2D eigenvalue weighted by molar-refractivity contribution is -0.140. The average molecular weight is 468 g/mol. The molecule has 0 aliphatic carbocycles. The molecule has 3 aromatic rings. The zero-order chi connectivity index (χ0) is 20.3. The van der Waals surface area contributed by atoms with Crippen LogP contribution in [0, 0.1) is 5.82 Å². The number of amides is 1. The number of nitrogens with zero attached hydrogens (tertiary/aromatic N) is 1. The molecule has 1 aromatic heterocycles. The van der Waals surface area contributed by atoms with Crippen LogP contribution in [0.2, 0.25) is 0 Å². The maximum Gasteiger partial charge on any atom is 0.256 e. The van der Waals surface area contributed by atoms with Gasteiger partial charge in [0.15, 0.2) is 0 Å². The van der Waals surface area contributed by atoms with Crippen LogP contribution in [0.3, 0.4) is 0 Å². The number of rotatable bonds is 5. The molecule has 1 aliphatic heterocycles. The van der Waals surface area contributed by atoms with Gasteiger partial charge < -0.3 is 20.1 Å². The zero-order valence-electron chi connectivity index (χ0n) is 16.9. The van der Waals surface area contributed by atoms with Crippen LogP contribution in [0.4, 0.5) is 10.1 Å². The fourth-order valence-electron chi connectivity index (χ4n) is 3.58. The first-order chi connectivity index (χ1) is 14.1. The summed E-state index contributed by atoms with van der Waals surface area (Å²) in [5.41, 5.74) is -0.206. The van der Waals surface area contributed by atoms with Crippen molar-refractivity contribution in [2.45, 2.75) is 18.4 Å². The lowest BCUT2D eigenvalue weighted by Gasteiger charge is -2.34. The molecular weight excluding hydrogens is 444 g/mol. The highest BCUT2D eigenvalue weighted by Gasteiger charge is 2.39. The summed E-state index contributed by atoms with van der Waals surface area (Å²) in [4.78, 5) is 17.2. The summed E-state index contributed by atoms with van der Waals surface area (Å²) in [5, 5.41) is 7.80. The minimum Gasteiger partial charge on any atom is -0.457 e. The molecule has 2 aromatic carbocycles. The van der Waals surface area contributed by atoms with Crippen molar-refractivity contribution in [1.82, 2.24) is 10.3 Å². The van der Waals surface area contributed by atoms with Crippen molar-refractivity contribution < 1.29 is 18.7 Å². The van der Waals surface area contributed by atoms with Gasteiger partial charge in [0, 0.05) is 30.3 Å². The Bertz CT molecular complexity index is 1030. The predicted octanol–water partition coefficient (Wildman–Crippen LogP) is 4.72. The first-order valence-corrected chi connectivity index (χ1v) is 9.49. The largest absolute Gasteiger partial charge is 0.457 e. The van der Waals surface area contributed by atoms with Gasteiger partial charge in [-0.25, -0.2) is 4.39 Å². The van der Waals surface area contributed by atoms with E-state index in [1.807, 2.05) is 6.07 Å². The Morgan fingerprint density at radius 3 is 2.45 bits per heavy atom. The first-order valence-electron chi connectivity index (χ1n) is 9.49. The normalized spacial score (nSPS) is 14.8. The smallest absolute Gasteiger partial charge is 0.256 e. The molecule has 0 spiro atoms. The van der Waals surface area contributed by atoms with Gasteiger partial charge in [-0.2, -0.15) is 0 Å². The molecule has 0 atom stereocenters. The number of pyridine rings is 1. The third-order valence-corrected chi connectivity index (χ3v) is 5.28. The van der Waals surface area contributed by atoms with Crippen molar-refractivity contribution >= 4 is 47.2 Å². The van der Waals surface area contributed by atoms with E-state index in [0.29, 0.717) is 30.0 Å². The maximum atomic E-state index is 13.1. The van der Waals surface area contributed by atoms with Gasteiger partial charge in [0.25, 0.3) is 5.91 Å². The molecule has 0 saturated carbocycles. The first kappa shape index (κ1) is 24.8. The van der Waals surface area contributed by atoms with E-state index in [9.17, 15) is 9.18 Å². The van der Waals surface area contributed by atoms with E-state index in [1.165, 1.54) is 12.1 Å². The van der Waals surface area contributed by atoms with Crippen LogP contribution in [-0.2, 0) is 9.53 Å². The van der Waals surface area contributed by atoms with Crippen molar-refractivity contribution in [2.75, 3.05) is 25.5 Å². The van der Waals surface area contributed by atoms with Crippen LogP contribution < -0.4 is 15.4 Å². The summed E-state index contributed by atoms with van der Waals surface area (Å²) < 4.78 is 24.7. The second kappa shape index (κ2) is 10.7. The molecule has 1 saturated heterocycles. The van der Waals surface area contributed by atoms with Crippen LogP contribution in [0.1, 0.15) is 12.8 Å². The quantitative estimate of drug-likeness (QED) is 0.567. The van der Waals surface area contributed by atoms with Crippen LogP contribution in [0.5, 0.6) is 11.5 Å². The highest BCUT2D eigenvalue weighted by Crippen LogP contribution is 2.35. The van der Waals surface area contributed by atoms with Crippen LogP contribution in [0.15, 0.2) is 54.9 Å². The summed E-state index contributed by atoms with van der Waals surface area (Å²) in [7, 11) is 1.57. The Hall–Kier alpha value is -2.45. The van der Waals surface area contributed by atoms with Crippen molar-refractivity contribution in [3.8, 4) is 11.5 Å². The number of carbonyl (C=O) groups excluding carboxylic acids is 1. The Balaban J connectivity index is 0.00000171. The van der Waals surface area contributed by atoms with Crippen LogP contribution in [-0.4, -0.2) is 36.7 Å². The molecule has 1 aliphatic rings. The van der Waals surface area contributed by atoms with Crippen molar-refractivity contribution in [1.29, 1.82) is 0 Å². The molecule has 31 heavy (non-hydrogen) atoms. The van der Waals surface area contributed by atoms with E-state index in [2.05, 4.69) is 15.6 Å². The minimum atomic E-state index is -0.844. The molecule has 0 radical (unpaired) electrons. The number of piperidine rings is 1. The molecule has 0 bridgehead atoms. The Kier molecular flexibility index (Phi) is 8.59. The molecule has 9 heteroatoms. The molecule has 2 heterocycles. The summed E-state index contributed by atoms with van der Waals surface area (Å²) in [6.07, 6.45) is 4.56. The topological polar surface area (TPSA) is 72.5 Å². The molecule has 166 valence electrons. The second-order valence-corrected chi connectivity index (χ2v) is 6.99. The molecule has 0 unspecified atom stereocenters. The Labute approximate surface area is 192 Å². The second-order valence-electron chi connectivity index (χ2n) is 6.99. The maximum absolute atomic E-state index is 13.1. The van der Waals surface area contributed by atoms with E-state index >= 15 is 0 Å². The Morgan fingerprint density at radius 1 is 1.06 bits per heavy atom. The third-order valence-electron chi connectivity index (χ3n) is 5.28. The van der Waals surface area contributed by atoms with Gasteiger partial charge in [0.05, 0.1) is 5.69 Å². The number of hydrogen-bond donors (Lipinski definition) is 2. The van der Waals surface area contributed by atoms with Crippen LogP contribution >= 0.6 is 24.8 Å². The van der Waals surface area contributed by atoms with Gasteiger partial charge in [0.1, 0.15) is 22.9 Å². The number of benzene rings is 2. The van der Waals surface area contributed by atoms with Gasteiger partial charge in [-0.3, -0.25) is 9.78 Å². The SMILES string of the molecule is COC1(C(=O)Nc2ccc(Oc3ccc(F)cc3)c3ccncc23)CCNCC1.Cl.Cl. The van der Waals surface area contributed by atoms with Crippen molar-refractivity contribution in [3.63, 3.8) is 0 Å². The van der Waals surface area contributed by atoms with E-state index in [4.69, 9.17) is 9.47 Å². The number of nitrogens with one attached hydrogen (secondary N) is 2. The standard InChI is InChI=1S/C22H22FN3O3.2ClH/c1-28-22(9-12-24-13-10-22)21(27)26-19-6-7-20(17-8-11-25-14-18(17)19)29-16-4-2-15(23)3-5-16;;/h2-8,11,14,24H,9-10,12-13H2,1H3,(H,26,27);2*1H. The minimum absolute atomic E-state index is 0. The summed E-state index contributed by atoms with van der Waals surface area (Å²) in [6, 6.07) is 11.2. The molecule has 4 rings (SSSR count). The number of hydrogen-bond acceptors (Lipinski definition) is 5. The summed E-state index contributed by atoms with van der Waals surface area (Å²) >= 11 is 0. The van der Waals surface area contributed by atoms with E-state index in [1.54, 1.807) is 43.8 Å². The van der Waals surface area contributed by atoms with E-state index in [-0.39, 0.29) is 36.5 Å². The number of anilines is 1. The number of carbonyl (C=O) groups is 1. The molecule has 1 amide bonds. The third kappa shape index (κ3) is 5.25. The van der Waals surface area contributed by atoms with Gasteiger partial charge in [-0.1, -0.05) is 0 Å². The zero-order valence-corrected chi connectivity index (χ0v) is 18.5. The van der Waals surface area contributed by atoms with Gasteiger partial charge in [0.2, 0.25) is 0 Å². The number of fused-ring (bicyclic) bond motifs is 1. The monoisotopic (exact) mass is 467 g/mol. The van der Waals surface area contributed by atoms with Crippen molar-refractivity contribution in [3.05, 3.63) is 60.7 Å². The fourth-order valence-corrected chi connectivity index (χ4v) is 3.58. The van der Waals surface area contributed by atoms with Crippen molar-refractivity contribution in [2.24, 2.45) is 0 Å². The molecular formula is C22H24Cl2FN3O3. The average Bonchev–Trinajstić information content (AvgIpc) is 2.77. The highest BCUT2D eigenvalue weighted by atomic mass is 35.5. The highest BCUT2D eigenvalue weighted by molar-refractivity contribution is 6.06. The van der Waals surface area contributed by atoms with Gasteiger partial charge in [-0.15, -0.1) is 24.8 Å². The van der Waals surface area contributed by atoms with Crippen LogP contribution in [0.25, 0.3) is 10.8 Å². The van der Waals surface area contributed by atoms with E-state index in [0.717, 1.165) is 23.9 Å². The van der Waals surface area contributed by atoms with Gasteiger partial charge >= 0.3 is 0 Å². The number of ether oxygens (including phenoxy) is 2. The fraction of sp³-hybridized carbons (Fsp3) is 0.273. The lowest BCUT2D eigenvalue weighted by atomic mass is 9.91. The summed E-state index contributed by atoms with van der Waals surface area (Å²) in [5.74, 6) is 0.623.